The summed E-state index contributed by atoms with van der Waals surface area (Å²) in [5, 5.41) is 5.00. The summed E-state index contributed by atoms with van der Waals surface area (Å²) >= 11 is 12.5. The molecule has 3 heteroatoms. The molecule has 1 nitrogen and oxygen atoms in total. The number of rotatable bonds is 8. The third-order valence-electron chi connectivity index (χ3n) is 3.88. The molecule has 0 fully saturated rings. The first kappa shape index (κ1) is 16.8. The van der Waals surface area contributed by atoms with Crippen molar-refractivity contribution < 1.29 is 0 Å². The average Bonchev–Trinajstić information content (AvgIpc) is 2.41. The summed E-state index contributed by atoms with van der Waals surface area (Å²) in [4.78, 5) is 0. The van der Waals surface area contributed by atoms with Gasteiger partial charge in [-0.1, -0.05) is 62.4 Å². The summed E-state index contributed by atoms with van der Waals surface area (Å²) < 4.78 is 0. The Morgan fingerprint density at radius 1 is 1.16 bits per heavy atom. The van der Waals surface area contributed by atoms with Crippen molar-refractivity contribution in [2.45, 2.75) is 52.0 Å². The minimum atomic E-state index is 0.439. The van der Waals surface area contributed by atoms with E-state index in [0.717, 1.165) is 22.0 Å². The lowest BCUT2D eigenvalue weighted by Gasteiger charge is -2.27. The van der Waals surface area contributed by atoms with Gasteiger partial charge in [0.1, 0.15) is 0 Å². The Morgan fingerprint density at radius 2 is 1.79 bits per heavy atom. The van der Waals surface area contributed by atoms with Crippen molar-refractivity contribution >= 4 is 23.2 Å². The molecule has 0 spiro atoms. The summed E-state index contributed by atoms with van der Waals surface area (Å²) in [6.45, 7) is 4.50. The van der Waals surface area contributed by atoms with E-state index in [0.29, 0.717) is 12.0 Å². The lowest BCUT2D eigenvalue weighted by atomic mass is 9.87. The number of likely N-dealkylation sites (N-methyl/N-ethyl adjacent to an activating group) is 1. The Kier molecular flexibility index (Phi) is 7.82. The molecule has 1 aromatic rings. The first-order valence-corrected chi connectivity index (χ1v) is 7.99. The van der Waals surface area contributed by atoms with Crippen LogP contribution in [0.1, 0.15) is 45.1 Å². The van der Waals surface area contributed by atoms with Crippen molar-refractivity contribution in [2.24, 2.45) is 5.92 Å². The summed E-state index contributed by atoms with van der Waals surface area (Å²) in [6.07, 6.45) is 5.89. The Morgan fingerprint density at radius 3 is 2.26 bits per heavy atom. The molecule has 0 radical (unpaired) electrons. The van der Waals surface area contributed by atoms with Crippen LogP contribution in [0.2, 0.25) is 10.0 Å². The fraction of sp³-hybridized carbons (Fsp3) is 0.625. The maximum Gasteiger partial charge on any atom is 0.0453 e. The Labute approximate surface area is 127 Å². The molecule has 1 aromatic carbocycles. The van der Waals surface area contributed by atoms with E-state index < -0.39 is 0 Å². The molecule has 0 aliphatic carbocycles. The number of unbranched alkanes of at least 4 members (excludes halogenated alkanes) is 1. The third kappa shape index (κ3) is 4.98. The van der Waals surface area contributed by atoms with Crippen LogP contribution in [0.3, 0.4) is 0 Å². The SMILES string of the molecule is CCCCC(CC)C(Cc1c(Cl)cccc1Cl)NC. The van der Waals surface area contributed by atoms with Crippen molar-refractivity contribution in [1.29, 1.82) is 0 Å². The van der Waals surface area contributed by atoms with Crippen molar-refractivity contribution in [3.8, 4) is 0 Å². The molecule has 0 amide bonds. The molecule has 0 aliphatic heterocycles. The third-order valence-corrected chi connectivity index (χ3v) is 4.59. The molecular weight excluding hydrogens is 277 g/mol. The largest absolute Gasteiger partial charge is 0.316 e. The van der Waals surface area contributed by atoms with Gasteiger partial charge in [0.05, 0.1) is 0 Å². The molecular formula is C16H25Cl2N. The van der Waals surface area contributed by atoms with Gasteiger partial charge in [-0.2, -0.15) is 0 Å². The Balaban J connectivity index is 2.80. The predicted molar refractivity (Wildman–Crippen MR) is 86.3 cm³/mol. The molecule has 1 rings (SSSR count). The molecule has 0 aromatic heterocycles. The number of benzene rings is 1. The van der Waals surface area contributed by atoms with E-state index in [1.807, 2.05) is 25.2 Å². The van der Waals surface area contributed by atoms with Gasteiger partial charge in [0.25, 0.3) is 0 Å². The monoisotopic (exact) mass is 301 g/mol. The van der Waals surface area contributed by atoms with Crippen molar-refractivity contribution in [3.63, 3.8) is 0 Å². The van der Waals surface area contributed by atoms with Crippen LogP contribution < -0.4 is 5.32 Å². The second-order valence-electron chi connectivity index (χ2n) is 5.11. The van der Waals surface area contributed by atoms with E-state index >= 15 is 0 Å². The maximum absolute atomic E-state index is 6.27. The van der Waals surface area contributed by atoms with Gasteiger partial charge in [0.15, 0.2) is 0 Å². The summed E-state index contributed by atoms with van der Waals surface area (Å²) in [6, 6.07) is 6.18. The van der Waals surface area contributed by atoms with Crippen LogP contribution in [-0.2, 0) is 6.42 Å². The van der Waals surface area contributed by atoms with Crippen molar-refractivity contribution in [3.05, 3.63) is 33.8 Å². The highest BCUT2D eigenvalue weighted by atomic mass is 35.5. The number of hydrogen-bond donors (Lipinski definition) is 1. The first-order chi connectivity index (χ1) is 9.13. The molecule has 108 valence electrons. The fourth-order valence-electron chi connectivity index (χ4n) is 2.61. The van der Waals surface area contributed by atoms with E-state index in [9.17, 15) is 0 Å². The predicted octanol–water partition coefficient (Wildman–Crippen LogP) is 5.34. The van der Waals surface area contributed by atoms with Crippen LogP contribution in [0.5, 0.6) is 0 Å². The summed E-state index contributed by atoms with van der Waals surface area (Å²) in [7, 11) is 2.03. The molecule has 2 unspecified atom stereocenters. The molecule has 0 saturated carbocycles. The van der Waals surface area contributed by atoms with E-state index in [-0.39, 0.29) is 0 Å². The minimum absolute atomic E-state index is 0.439. The second-order valence-corrected chi connectivity index (χ2v) is 5.92. The zero-order valence-electron chi connectivity index (χ0n) is 12.2. The van der Waals surface area contributed by atoms with E-state index in [1.165, 1.54) is 25.7 Å². The van der Waals surface area contributed by atoms with Crippen LogP contribution >= 0.6 is 23.2 Å². The van der Waals surface area contributed by atoms with Crippen LogP contribution in [-0.4, -0.2) is 13.1 Å². The van der Waals surface area contributed by atoms with Gasteiger partial charge in [-0.25, -0.2) is 0 Å². The van der Waals surface area contributed by atoms with Crippen LogP contribution in [0.15, 0.2) is 18.2 Å². The molecule has 0 bridgehead atoms. The van der Waals surface area contributed by atoms with Crippen molar-refractivity contribution in [1.82, 2.24) is 5.32 Å². The topological polar surface area (TPSA) is 12.0 Å². The zero-order valence-corrected chi connectivity index (χ0v) is 13.7. The molecule has 2 atom stereocenters. The highest BCUT2D eigenvalue weighted by molar-refractivity contribution is 6.36. The van der Waals surface area contributed by atoms with Gasteiger partial charge in [-0.3, -0.25) is 0 Å². The second kappa shape index (κ2) is 8.84. The summed E-state index contributed by atoms with van der Waals surface area (Å²) in [5.41, 5.74) is 1.07. The van der Waals surface area contributed by atoms with Crippen LogP contribution in [0.4, 0.5) is 0 Å². The molecule has 1 N–H and O–H groups in total. The molecule has 19 heavy (non-hydrogen) atoms. The van der Waals surface area contributed by atoms with E-state index in [2.05, 4.69) is 19.2 Å². The van der Waals surface area contributed by atoms with Gasteiger partial charge in [-0.05, 0) is 43.5 Å². The highest BCUT2D eigenvalue weighted by Gasteiger charge is 2.20. The number of hydrogen-bond acceptors (Lipinski definition) is 1. The quantitative estimate of drug-likeness (QED) is 0.683. The Bertz CT molecular complexity index is 359. The highest BCUT2D eigenvalue weighted by Crippen LogP contribution is 2.28. The summed E-state index contributed by atoms with van der Waals surface area (Å²) in [5.74, 6) is 0.678. The van der Waals surface area contributed by atoms with Crippen LogP contribution in [0.25, 0.3) is 0 Å². The fourth-order valence-corrected chi connectivity index (χ4v) is 3.16. The van der Waals surface area contributed by atoms with Gasteiger partial charge < -0.3 is 5.32 Å². The lowest BCUT2D eigenvalue weighted by Crippen LogP contribution is -2.35. The minimum Gasteiger partial charge on any atom is -0.316 e. The van der Waals surface area contributed by atoms with Gasteiger partial charge in [0.2, 0.25) is 0 Å². The molecule has 0 aliphatic rings. The van der Waals surface area contributed by atoms with E-state index in [1.54, 1.807) is 0 Å². The Hall–Kier alpha value is -0.240. The van der Waals surface area contributed by atoms with Gasteiger partial charge in [0, 0.05) is 16.1 Å². The first-order valence-electron chi connectivity index (χ1n) is 7.24. The maximum atomic E-state index is 6.27. The normalized spacial score (nSPS) is 14.4. The average molecular weight is 302 g/mol. The lowest BCUT2D eigenvalue weighted by molar-refractivity contribution is 0.330. The van der Waals surface area contributed by atoms with Gasteiger partial charge in [-0.15, -0.1) is 0 Å². The number of nitrogens with one attached hydrogen (secondary N) is 1. The van der Waals surface area contributed by atoms with E-state index in [4.69, 9.17) is 23.2 Å². The number of halogens is 2. The van der Waals surface area contributed by atoms with Crippen molar-refractivity contribution in [2.75, 3.05) is 7.05 Å². The molecule has 0 heterocycles. The van der Waals surface area contributed by atoms with Gasteiger partial charge >= 0.3 is 0 Å². The van der Waals surface area contributed by atoms with Crippen LogP contribution in [0, 0.1) is 5.92 Å². The smallest absolute Gasteiger partial charge is 0.0453 e. The standard InChI is InChI=1S/C16H25Cl2N/c1-4-6-8-12(5-2)16(19-3)11-13-14(17)9-7-10-15(13)18/h7,9-10,12,16,19H,4-6,8,11H2,1-3H3. The zero-order chi connectivity index (χ0) is 14.3. The molecule has 0 saturated heterocycles.